The van der Waals surface area contributed by atoms with Gasteiger partial charge in [0.25, 0.3) is 0 Å². The molecule has 0 spiro atoms. The van der Waals surface area contributed by atoms with Crippen LogP contribution in [0.3, 0.4) is 0 Å². The van der Waals surface area contributed by atoms with Crippen LogP contribution in [-0.2, 0) is 14.8 Å². The fraction of sp³-hybridized carbons (Fsp3) is 0.250. The molecule has 1 amide bonds. The topological polar surface area (TPSA) is 75.7 Å². The lowest BCUT2D eigenvalue weighted by atomic mass is 10.2. The van der Waals surface area contributed by atoms with Crippen molar-refractivity contribution in [2.75, 3.05) is 25.5 Å². The van der Waals surface area contributed by atoms with Crippen molar-refractivity contribution in [3.05, 3.63) is 59.1 Å². The molecule has 0 aliphatic carbocycles. The van der Waals surface area contributed by atoms with Crippen LogP contribution in [0.4, 0.5) is 5.69 Å². The molecule has 3 rings (SSSR count). The van der Waals surface area contributed by atoms with Gasteiger partial charge < -0.3 is 10.1 Å². The van der Waals surface area contributed by atoms with Gasteiger partial charge in [0.2, 0.25) is 15.9 Å². The van der Waals surface area contributed by atoms with E-state index in [0.29, 0.717) is 24.5 Å². The Morgan fingerprint density at radius 2 is 1.89 bits per heavy atom. The number of hydrogen-bond donors (Lipinski definition) is 1. The minimum absolute atomic E-state index is 0.00238. The first-order valence-corrected chi connectivity index (χ1v) is 10.7. The van der Waals surface area contributed by atoms with E-state index < -0.39 is 15.9 Å². The Kier molecular flexibility index (Phi) is 6.39. The maximum Gasteiger partial charge on any atom is 0.248 e. The maximum atomic E-state index is 12.8. The molecule has 1 N–H and O–H groups in total. The highest BCUT2D eigenvalue weighted by atomic mass is 35.5. The van der Waals surface area contributed by atoms with Crippen LogP contribution in [0.15, 0.2) is 53.4 Å². The van der Waals surface area contributed by atoms with Crippen LogP contribution in [0.25, 0.3) is 6.08 Å². The second-order valence-electron chi connectivity index (χ2n) is 6.32. The summed E-state index contributed by atoms with van der Waals surface area (Å²) in [7, 11) is -2.12. The number of rotatable bonds is 6. The van der Waals surface area contributed by atoms with Gasteiger partial charge in [0.1, 0.15) is 10.6 Å². The Bertz CT molecular complexity index is 999. The lowest BCUT2D eigenvalue weighted by Gasteiger charge is -2.17. The molecular weight excluding hydrogens is 400 g/mol. The molecule has 1 aliphatic rings. The van der Waals surface area contributed by atoms with Crippen molar-refractivity contribution in [1.82, 2.24) is 4.31 Å². The van der Waals surface area contributed by atoms with E-state index in [2.05, 4.69) is 5.32 Å². The molecule has 0 bridgehead atoms. The molecule has 1 heterocycles. The summed E-state index contributed by atoms with van der Waals surface area (Å²) in [6.07, 6.45) is 4.66. The van der Waals surface area contributed by atoms with Crippen LogP contribution >= 0.6 is 11.6 Å². The van der Waals surface area contributed by atoms with Crippen LogP contribution in [0.5, 0.6) is 5.75 Å². The zero-order valence-corrected chi connectivity index (χ0v) is 17.0. The molecule has 28 heavy (non-hydrogen) atoms. The van der Waals surface area contributed by atoms with Gasteiger partial charge in [-0.1, -0.05) is 29.8 Å². The number of nitrogens with one attached hydrogen (secondary N) is 1. The monoisotopic (exact) mass is 420 g/mol. The number of benzene rings is 2. The molecular formula is C20H21ClN2O4S. The molecule has 148 valence electrons. The summed E-state index contributed by atoms with van der Waals surface area (Å²) >= 11 is 6.12. The van der Waals surface area contributed by atoms with Gasteiger partial charge in [0.15, 0.2) is 0 Å². The van der Waals surface area contributed by atoms with Crippen molar-refractivity contribution in [3.63, 3.8) is 0 Å². The predicted octanol–water partition coefficient (Wildman–Crippen LogP) is 3.79. The number of methoxy groups -OCH3 is 1. The fourth-order valence-electron chi connectivity index (χ4n) is 3.00. The first kappa shape index (κ1) is 20.4. The van der Waals surface area contributed by atoms with Crippen LogP contribution in [0, 0.1) is 0 Å². The molecule has 1 fully saturated rings. The number of carbonyl (C=O) groups is 1. The average molecular weight is 421 g/mol. The van der Waals surface area contributed by atoms with Gasteiger partial charge in [-0.25, -0.2) is 8.42 Å². The van der Waals surface area contributed by atoms with Gasteiger partial charge in [-0.15, -0.1) is 0 Å². The van der Waals surface area contributed by atoms with E-state index in [1.807, 2.05) is 18.2 Å². The first-order chi connectivity index (χ1) is 13.4. The average Bonchev–Trinajstić information content (AvgIpc) is 3.23. The summed E-state index contributed by atoms with van der Waals surface area (Å²) in [6, 6.07) is 11.7. The number of halogens is 1. The molecule has 0 atom stereocenters. The van der Waals surface area contributed by atoms with Gasteiger partial charge in [-0.3, -0.25) is 4.79 Å². The maximum absolute atomic E-state index is 12.8. The minimum Gasteiger partial charge on any atom is -0.496 e. The van der Waals surface area contributed by atoms with Crippen molar-refractivity contribution in [2.24, 2.45) is 0 Å². The standard InChI is InChI=1S/C20H21ClN2O4S/c1-27-18-7-3-2-6-15(18)8-11-20(24)22-16-9-10-17(21)19(14-16)28(25,26)23-12-4-5-13-23/h2-3,6-11,14H,4-5,12-13H2,1H3,(H,22,24)/b11-8+. The highest BCUT2D eigenvalue weighted by molar-refractivity contribution is 7.89. The molecule has 1 aliphatic heterocycles. The Morgan fingerprint density at radius 3 is 2.61 bits per heavy atom. The molecule has 0 unspecified atom stereocenters. The third-order valence-electron chi connectivity index (χ3n) is 4.43. The normalized spacial score (nSPS) is 15.1. The van der Waals surface area contributed by atoms with Crippen molar-refractivity contribution in [2.45, 2.75) is 17.7 Å². The number of para-hydroxylation sites is 1. The number of sulfonamides is 1. The van der Waals surface area contributed by atoms with E-state index in [1.54, 1.807) is 25.3 Å². The fourth-order valence-corrected chi connectivity index (χ4v) is 5.02. The Labute approximate surface area is 169 Å². The Balaban J connectivity index is 1.77. The van der Waals surface area contributed by atoms with Crippen molar-refractivity contribution < 1.29 is 17.9 Å². The van der Waals surface area contributed by atoms with Crippen molar-refractivity contribution in [3.8, 4) is 5.75 Å². The van der Waals surface area contributed by atoms with Crippen LogP contribution in [-0.4, -0.2) is 38.8 Å². The molecule has 0 aromatic heterocycles. The van der Waals surface area contributed by atoms with Crippen molar-refractivity contribution >= 4 is 39.3 Å². The van der Waals surface area contributed by atoms with Crippen molar-refractivity contribution in [1.29, 1.82) is 0 Å². The molecule has 0 radical (unpaired) electrons. The lowest BCUT2D eigenvalue weighted by Crippen LogP contribution is -2.28. The zero-order valence-electron chi connectivity index (χ0n) is 15.4. The van der Waals surface area contributed by atoms with Gasteiger partial charge >= 0.3 is 0 Å². The summed E-state index contributed by atoms with van der Waals surface area (Å²) < 4.78 is 32.2. The van der Waals surface area contributed by atoms with E-state index in [0.717, 1.165) is 18.4 Å². The molecule has 8 heteroatoms. The summed E-state index contributed by atoms with van der Waals surface area (Å²) in [6.45, 7) is 0.966. The SMILES string of the molecule is COc1ccccc1/C=C/C(=O)Nc1ccc(Cl)c(S(=O)(=O)N2CCCC2)c1. The molecule has 2 aromatic rings. The summed E-state index contributed by atoms with van der Waals surface area (Å²) in [5, 5.41) is 2.81. The predicted molar refractivity (Wildman–Crippen MR) is 110 cm³/mol. The van der Waals surface area contributed by atoms with Gasteiger partial charge in [0.05, 0.1) is 12.1 Å². The summed E-state index contributed by atoms with van der Waals surface area (Å²) in [5.74, 6) is 0.259. The van der Waals surface area contributed by atoms with Gasteiger partial charge in [-0.2, -0.15) is 4.31 Å². The second kappa shape index (κ2) is 8.77. The molecule has 6 nitrogen and oxygen atoms in total. The van der Waals surface area contributed by atoms with Crippen LogP contribution in [0.2, 0.25) is 5.02 Å². The number of hydrogen-bond acceptors (Lipinski definition) is 4. The molecule has 2 aromatic carbocycles. The highest BCUT2D eigenvalue weighted by Crippen LogP contribution is 2.29. The minimum atomic E-state index is -3.68. The first-order valence-electron chi connectivity index (χ1n) is 8.83. The number of anilines is 1. The molecule has 0 saturated carbocycles. The van der Waals surface area contributed by atoms with E-state index in [-0.39, 0.29) is 9.92 Å². The second-order valence-corrected chi connectivity index (χ2v) is 8.63. The smallest absolute Gasteiger partial charge is 0.248 e. The van der Waals surface area contributed by atoms with E-state index in [4.69, 9.17) is 16.3 Å². The van der Waals surface area contributed by atoms with Crippen LogP contribution < -0.4 is 10.1 Å². The lowest BCUT2D eigenvalue weighted by molar-refractivity contribution is -0.111. The molecule has 1 saturated heterocycles. The van der Waals surface area contributed by atoms with Crippen LogP contribution in [0.1, 0.15) is 18.4 Å². The largest absolute Gasteiger partial charge is 0.496 e. The third-order valence-corrected chi connectivity index (χ3v) is 6.81. The highest BCUT2D eigenvalue weighted by Gasteiger charge is 2.29. The zero-order chi connectivity index (χ0) is 20.1. The quantitative estimate of drug-likeness (QED) is 0.721. The van der Waals surface area contributed by atoms with Gasteiger partial charge in [-0.05, 0) is 43.2 Å². The number of carbonyl (C=O) groups excluding carboxylic acids is 1. The van der Waals surface area contributed by atoms with E-state index in [1.165, 1.54) is 22.5 Å². The number of nitrogens with zero attached hydrogens (tertiary/aromatic N) is 1. The van der Waals surface area contributed by atoms with E-state index in [9.17, 15) is 13.2 Å². The third kappa shape index (κ3) is 4.55. The summed E-state index contributed by atoms with van der Waals surface area (Å²) in [4.78, 5) is 12.3. The Morgan fingerprint density at radius 1 is 1.18 bits per heavy atom. The van der Waals surface area contributed by atoms with E-state index >= 15 is 0 Å². The van der Waals surface area contributed by atoms with Gasteiger partial charge in [0, 0.05) is 30.4 Å². The summed E-state index contributed by atoms with van der Waals surface area (Å²) in [5.41, 5.74) is 1.12. The number of amides is 1. The number of ether oxygens (including phenoxy) is 1. The Hall–Kier alpha value is -2.35.